The molecular formula is C6H9NO2S. The Morgan fingerprint density at radius 2 is 2.00 bits per heavy atom. The summed E-state index contributed by atoms with van der Waals surface area (Å²) in [6.45, 7) is 3.70. The number of imide groups is 1. The number of amides is 2. The molecular weight excluding hydrogens is 150 g/mol. The predicted molar refractivity (Wildman–Crippen MR) is 39.8 cm³/mol. The van der Waals surface area contributed by atoms with Crippen molar-refractivity contribution < 1.29 is 9.59 Å². The van der Waals surface area contributed by atoms with E-state index in [2.05, 4.69) is 5.32 Å². The molecule has 0 radical (unpaired) electrons. The Labute approximate surface area is 63.6 Å². The van der Waals surface area contributed by atoms with E-state index in [1.54, 1.807) is 0 Å². The lowest BCUT2D eigenvalue weighted by molar-refractivity contribution is -0.123. The molecule has 1 unspecified atom stereocenters. The quantitative estimate of drug-likeness (QED) is 0.573. The van der Waals surface area contributed by atoms with Crippen LogP contribution in [0.1, 0.15) is 13.8 Å². The summed E-state index contributed by atoms with van der Waals surface area (Å²) in [5.41, 5.74) is 0. The molecule has 56 valence electrons. The summed E-state index contributed by atoms with van der Waals surface area (Å²) < 4.78 is 0. The van der Waals surface area contributed by atoms with Crippen LogP contribution in [0.4, 0.5) is 4.79 Å². The van der Waals surface area contributed by atoms with Gasteiger partial charge >= 0.3 is 0 Å². The number of rotatable bonds is 0. The number of hydrogen-bond donors (Lipinski definition) is 1. The van der Waals surface area contributed by atoms with E-state index in [0.717, 1.165) is 0 Å². The molecule has 1 aliphatic rings. The smallest absolute Gasteiger partial charge is 0.285 e. The molecule has 1 saturated heterocycles. The van der Waals surface area contributed by atoms with Crippen LogP contribution in [0.5, 0.6) is 0 Å². The van der Waals surface area contributed by atoms with E-state index in [1.807, 2.05) is 13.8 Å². The third kappa shape index (κ3) is 1.31. The van der Waals surface area contributed by atoms with Crippen molar-refractivity contribution in [3.05, 3.63) is 0 Å². The molecule has 3 nitrogen and oxygen atoms in total. The topological polar surface area (TPSA) is 46.2 Å². The third-order valence-electron chi connectivity index (χ3n) is 1.64. The maximum Gasteiger partial charge on any atom is 0.285 e. The molecule has 0 saturated carbocycles. The van der Waals surface area contributed by atoms with E-state index in [1.165, 1.54) is 11.8 Å². The zero-order valence-electron chi connectivity index (χ0n) is 5.88. The maximum absolute atomic E-state index is 10.9. The lowest BCUT2D eigenvalue weighted by atomic mass is 10.1. The molecule has 10 heavy (non-hydrogen) atoms. The van der Waals surface area contributed by atoms with E-state index < -0.39 is 0 Å². The van der Waals surface area contributed by atoms with Gasteiger partial charge in [-0.15, -0.1) is 0 Å². The molecule has 2 atom stereocenters. The Bertz CT molecular complexity index is 181. The molecule has 0 aliphatic carbocycles. The number of nitrogens with one attached hydrogen (secondary N) is 1. The second kappa shape index (κ2) is 2.62. The van der Waals surface area contributed by atoms with Crippen LogP contribution in [0.25, 0.3) is 0 Å². The fourth-order valence-corrected chi connectivity index (χ4v) is 1.55. The fraction of sp³-hybridized carbons (Fsp3) is 0.667. The van der Waals surface area contributed by atoms with Gasteiger partial charge in [0.05, 0.1) is 0 Å². The second-order valence-corrected chi connectivity index (χ2v) is 3.74. The Morgan fingerprint density at radius 3 is 2.50 bits per heavy atom. The molecule has 1 rings (SSSR count). The molecule has 0 spiro atoms. The van der Waals surface area contributed by atoms with E-state index in [-0.39, 0.29) is 22.3 Å². The Morgan fingerprint density at radius 1 is 1.40 bits per heavy atom. The van der Waals surface area contributed by atoms with Crippen LogP contribution in [-0.4, -0.2) is 16.4 Å². The lowest BCUT2D eigenvalue weighted by Gasteiger charge is -2.22. The summed E-state index contributed by atoms with van der Waals surface area (Å²) in [5.74, 6) is -0.209. The van der Waals surface area contributed by atoms with Crippen LogP contribution in [0.15, 0.2) is 0 Å². The average molecular weight is 159 g/mol. The van der Waals surface area contributed by atoms with Gasteiger partial charge < -0.3 is 0 Å². The molecule has 1 N–H and O–H groups in total. The summed E-state index contributed by atoms with van der Waals surface area (Å²) in [4.78, 5) is 21.5. The van der Waals surface area contributed by atoms with Crippen molar-refractivity contribution in [2.24, 2.45) is 5.92 Å². The van der Waals surface area contributed by atoms with Crippen molar-refractivity contribution in [3.63, 3.8) is 0 Å². The van der Waals surface area contributed by atoms with Crippen molar-refractivity contribution in [2.75, 3.05) is 0 Å². The highest BCUT2D eigenvalue weighted by atomic mass is 32.2. The van der Waals surface area contributed by atoms with Crippen LogP contribution in [0.3, 0.4) is 0 Å². The molecule has 1 heterocycles. The highest BCUT2D eigenvalue weighted by molar-refractivity contribution is 8.14. The van der Waals surface area contributed by atoms with E-state index in [9.17, 15) is 9.59 Å². The minimum atomic E-state index is -0.226. The highest BCUT2D eigenvalue weighted by Crippen LogP contribution is 2.23. The van der Waals surface area contributed by atoms with E-state index in [0.29, 0.717) is 0 Å². The van der Waals surface area contributed by atoms with Crippen LogP contribution in [0.2, 0.25) is 0 Å². The van der Waals surface area contributed by atoms with Gasteiger partial charge in [0.1, 0.15) is 0 Å². The standard InChI is InChI=1S/C6H9NO2S/c1-3-4(2)10-6(9)7-5(3)8/h3-4H,1-2H3,(H,7,8,9)/t3-,4?/m0/s1. The predicted octanol–water partition coefficient (Wildman–Crippen LogP) is 0.994. The number of carbonyl (C=O) groups is 2. The van der Waals surface area contributed by atoms with Crippen LogP contribution in [0, 0.1) is 5.92 Å². The van der Waals surface area contributed by atoms with Gasteiger partial charge in [0.25, 0.3) is 5.24 Å². The molecule has 0 aromatic carbocycles. The summed E-state index contributed by atoms with van der Waals surface area (Å²) >= 11 is 1.18. The van der Waals surface area contributed by atoms with Gasteiger partial charge in [-0.25, -0.2) is 0 Å². The molecule has 0 aromatic heterocycles. The Kier molecular flexibility index (Phi) is 1.99. The van der Waals surface area contributed by atoms with Crippen molar-refractivity contribution in [1.82, 2.24) is 5.32 Å². The molecule has 1 aliphatic heterocycles. The zero-order valence-corrected chi connectivity index (χ0v) is 6.70. The summed E-state index contributed by atoms with van der Waals surface area (Å²) in [6, 6.07) is 0. The first kappa shape index (κ1) is 7.60. The molecule has 2 amide bonds. The number of hydrogen-bond acceptors (Lipinski definition) is 3. The van der Waals surface area contributed by atoms with E-state index >= 15 is 0 Å². The van der Waals surface area contributed by atoms with Gasteiger partial charge in [-0.3, -0.25) is 14.9 Å². The monoisotopic (exact) mass is 159 g/mol. The second-order valence-electron chi connectivity index (χ2n) is 2.39. The van der Waals surface area contributed by atoms with Gasteiger partial charge in [0.15, 0.2) is 0 Å². The molecule has 4 heteroatoms. The number of thioether (sulfide) groups is 1. The Hall–Kier alpha value is -0.510. The SMILES string of the molecule is CC1SC(=O)NC(=O)[C@H]1C. The van der Waals surface area contributed by atoms with Crippen molar-refractivity contribution >= 4 is 22.9 Å². The lowest BCUT2D eigenvalue weighted by Crippen LogP contribution is -2.41. The third-order valence-corrected chi connectivity index (χ3v) is 2.73. The minimum Gasteiger partial charge on any atom is -0.287 e. The Balaban J connectivity index is 2.66. The first-order valence-electron chi connectivity index (χ1n) is 3.12. The van der Waals surface area contributed by atoms with Crippen molar-refractivity contribution in [2.45, 2.75) is 19.1 Å². The average Bonchev–Trinajstić information content (AvgIpc) is 1.82. The van der Waals surface area contributed by atoms with Gasteiger partial charge in [-0.1, -0.05) is 25.6 Å². The van der Waals surface area contributed by atoms with Gasteiger partial charge in [-0.05, 0) is 0 Å². The first-order chi connectivity index (χ1) is 4.61. The van der Waals surface area contributed by atoms with Gasteiger partial charge in [0.2, 0.25) is 5.91 Å². The largest absolute Gasteiger partial charge is 0.287 e. The first-order valence-corrected chi connectivity index (χ1v) is 4.00. The van der Waals surface area contributed by atoms with Crippen LogP contribution in [-0.2, 0) is 4.79 Å². The summed E-state index contributed by atoms with van der Waals surface area (Å²) in [6.07, 6.45) is 0. The number of carbonyl (C=O) groups excluding carboxylic acids is 2. The summed E-state index contributed by atoms with van der Waals surface area (Å²) in [7, 11) is 0. The van der Waals surface area contributed by atoms with Crippen LogP contribution >= 0.6 is 11.8 Å². The molecule has 1 fully saturated rings. The van der Waals surface area contributed by atoms with Gasteiger partial charge in [-0.2, -0.15) is 0 Å². The normalized spacial score (nSPS) is 33.8. The maximum atomic E-state index is 10.9. The van der Waals surface area contributed by atoms with Crippen molar-refractivity contribution in [1.29, 1.82) is 0 Å². The van der Waals surface area contributed by atoms with Crippen molar-refractivity contribution in [3.8, 4) is 0 Å². The highest BCUT2D eigenvalue weighted by Gasteiger charge is 2.29. The minimum absolute atomic E-state index is 0.0531. The molecule has 0 aromatic rings. The van der Waals surface area contributed by atoms with Crippen LogP contribution < -0.4 is 5.32 Å². The molecule has 0 bridgehead atoms. The van der Waals surface area contributed by atoms with E-state index in [4.69, 9.17) is 0 Å². The fourth-order valence-electron chi connectivity index (χ4n) is 0.728. The van der Waals surface area contributed by atoms with Gasteiger partial charge in [0, 0.05) is 11.2 Å². The summed E-state index contributed by atoms with van der Waals surface area (Å²) in [5, 5.41) is 2.13. The zero-order chi connectivity index (χ0) is 7.72.